The van der Waals surface area contributed by atoms with Crippen LogP contribution in [0.4, 0.5) is 0 Å². The Kier molecular flexibility index (Phi) is 43.5. The number of primary amides is 2. The van der Waals surface area contributed by atoms with E-state index in [1.807, 2.05) is 55.4 Å². The summed E-state index contributed by atoms with van der Waals surface area (Å²) in [6.45, 7) is 24.0. The Balaban J connectivity index is 2.49. The van der Waals surface area contributed by atoms with Gasteiger partial charge in [0.05, 0.1) is 19.2 Å². The SMILES string of the molecule is CC(C)C[C@H](NC(=O)[C@H](CC(C)C)NC(=O)[C@H](CCCN=C(N)N)NC(=O)CNC(=O)[C@H](CC(C)C)NC(=O)[C@H](CC(C)C)NC(=O)[C@H](CCCCN)NC(=O)[C@H](CO)NC(=O)[C@H](CC(C)C)NC(=O)[C@H](Cc1c[nH]c2ccccc12)NC(=O)[C@H](CCC(N)=O)NC(=O)[C@H](CC(C)C)NC(=O)[C@@H](N)CC(C)C)C(N)=O. The van der Waals surface area contributed by atoms with E-state index in [1.54, 1.807) is 72.0 Å². The first-order valence-electron chi connectivity index (χ1n) is 38.4. The molecule has 110 heavy (non-hydrogen) atoms. The van der Waals surface area contributed by atoms with Crippen LogP contribution >= 0.6 is 0 Å². The van der Waals surface area contributed by atoms with E-state index in [0.717, 1.165) is 0 Å². The lowest BCUT2D eigenvalue weighted by Crippen LogP contribution is -2.61. The molecule has 1 aromatic carbocycles. The molecule has 0 saturated carbocycles. The Labute approximate surface area is 646 Å². The van der Waals surface area contributed by atoms with Crippen LogP contribution in [0, 0.1) is 41.4 Å². The number of aromatic amines is 1. The Morgan fingerprint density at radius 1 is 0.409 bits per heavy atom. The van der Waals surface area contributed by atoms with Crippen molar-refractivity contribution in [2.45, 2.75) is 266 Å². The van der Waals surface area contributed by atoms with Crippen LogP contribution in [0.3, 0.4) is 0 Å². The van der Waals surface area contributed by atoms with Gasteiger partial charge in [0.25, 0.3) is 0 Å². The minimum atomic E-state index is -1.75. The van der Waals surface area contributed by atoms with Gasteiger partial charge in [-0.05, 0) is 143 Å². The first kappa shape index (κ1) is 96.6. The molecule has 0 fully saturated rings. The first-order chi connectivity index (χ1) is 51.5. The monoisotopic (exact) mass is 1550 g/mol. The zero-order valence-electron chi connectivity index (χ0n) is 66.9. The quantitative estimate of drug-likeness (QED) is 0.0209. The van der Waals surface area contributed by atoms with Gasteiger partial charge in [-0.25, -0.2) is 0 Å². The largest absolute Gasteiger partial charge is 0.394 e. The molecule has 620 valence electrons. The van der Waals surface area contributed by atoms with Crippen molar-refractivity contribution in [2.24, 2.45) is 80.8 Å². The highest BCUT2D eigenvalue weighted by molar-refractivity contribution is 6.00. The molecule has 1 heterocycles. The maximum atomic E-state index is 14.9. The van der Waals surface area contributed by atoms with E-state index in [-0.39, 0.29) is 144 Å². The average molecular weight is 1550 g/mol. The molecule has 0 aliphatic rings. The normalized spacial score (nSPS) is 14.8. The van der Waals surface area contributed by atoms with E-state index < -0.39 is 168 Å². The van der Waals surface area contributed by atoms with Crippen molar-refractivity contribution in [2.75, 3.05) is 26.2 Å². The van der Waals surface area contributed by atoms with Crippen LogP contribution in [0.15, 0.2) is 35.5 Å². The summed E-state index contributed by atoms with van der Waals surface area (Å²) in [5.41, 5.74) is 35.4. The van der Waals surface area contributed by atoms with Gasteiger partial charge >= 0.3 is 0 Å². The summed E-state index contributed by atoms with van der Waals surface area (Å²) in [4.78, 5) is 202. The molecule has 0 bridgehead atoms. The molecule has 0 aliphatic heterocycles. The van der Waals surface area contributed by atoms with Crippen molar-refractivity contribution in [3.8, 4) is 0 Å². The standard InChI is InChI=1S/C75H130N20O15/c1-39(2)28-48(77)64(100)89-55(31-42(7)8)69(105)87-52(24-25-61(78)97)68(104)94-59(35-46-36-83-49-21-16-15-20-47(46)49)73(109)93-58(34-45(13)14)72(108)95-60(38-96)74(110)86-51(22-17-18-26-76)67(103)92-57(33-44(11)12)71(107)90-54(30-41(5)6)65(101)84-37-62(98)85-50(23-19-27-82-75(80)81)66(102)91-56(32-43(9)10)70(106)88-53(63(79)99)29-40(3)4/h15-16,20-21,36,39-45,48,50-60,83,96H,17-19,22-35,37-38,76-77H2,1-14H3,(H2,78,97)(H2,79,99)(H,84,101)(H,85,98)(H,86,110)(H,87,105)(H,88,106)(H,89,100)(H,90,107)(H,91,102)(H,92,103)(H,93,109)(H,94,104)(H,95,108)(H4,80,81,82)/t48-,50-,51-,52-,53-,54-,55-,56-,57-,58-,59-,60-/m0/s1. The topological polar surface area (TPSA) is 588 Å². The fourth-order valence-electron chi connectivity index (χ4n) is 12.1. The highest BCUT2D eigenvalue weighted by atomic mass is 16.3. The van der Waals surface area contributed by atoms with E-state index in [2.05, 4.69) is 73.8 Å². The van der Waals surface area contributed by atoms with Gasteiger partial charge in [0.1, 0.15) is 66.5 Å². The zero-order valence-corrected chi connectivity index (χ0v) is 66.9. The van der Waals surface area contributed by atoms with Crippen molar-refractivity contribution in [1.29, 1.82) is 0 Å². The number of carbonyl (C=O) groups is 14. The lowest BCUT2D eigenvalue weighted by atomic mass is 9.99. The number of hydrogen-bond acceptors (Lipinski definition) is 18. The van der Waals surface area contributed by atoms with Crippen molar-refractivity contribution < 1.29 is 72.2 Å². The van der Waals surface area contributed by atoms with E-state index in [4.69, 9.17) is 34.4 Å². The van der Waals surface area contributed by atoms with Gasteiger partial charge in [-0.1, -0.05) is 115 Å². The number of amides is 14. The number of guanidine groups is 1. The molecule has 2 rings (SSSR count). The summed E-state index contributed by atoms with van der Waals surface area (Å²) in [7, 11) is 0. The summed E-state index contributed by atoms with van der Waals surface area (Å²) >= 11 is 0. The Bertz CT molecular complexity index is 3370. The van der Waals surface area contributed by atoms with Gasteiger partial charge in [-0.3, -0.25) is 72.1 Å². The van der Waals surface area contributed by atoms with Gasteiger partial charge in [0, 0.05) is 36.5 Å². The molecule has 35 nitrogen and oxygen atoms in total. The number of aliphatic hydroxyl groups excluding tert-OH is 1. The van der Waals surface area contributed by atoms with Crippen LogP contribution in [-0.4, -0.2) is 197 Å². The lowest BCUT2D eigenvalue weighted by Gasteiger charge is -2.29. The third kappa shape index (κ3) is 37.3. The summed E-state index contributed by atoms with van der Waals surface area (Å²) in [5.74, 6) is -12.7. The van der Waals surface area contributed by atoms with E-state index in [1.165, 1.54) is 0 Å². The summed E-state index contributed by atoms with van der Waals surface area (Å²) in [6.07, 6.45) is 2.36. The maximum Gasteiger partial charge on any atom is 0.245 e. The van der Waals surface area contributed by atoms with E-state index in [0.29, 0.717) is 29.3 Å². The minimum Gasteiger partial charge on any atom is -0.394 e. The summed E-state index contributed by atoms with van der Waals surface area (Å²) in [5, 5.41) is 43.2. The average Bonchev–Trinajstić information content (AvgIpc) is 1.65. The number of para-hydroxylation sites is 1. The van der Waals surface area contributed by atoms with Gasteiger partial charge in [0.2, 0.25) is 82.7 Å². The number of nitrogens with zero attached hydrogens (tertiary/aromatic N) is 1. The van der Waals surface area contributed by atoms with Crippen molar-refractivity contribution in [3.63, 3.8) is 0 Å². The van der Waals surface area contributed by atoms with Gasteiger partial charge in [0.15, 0.2) is 5.96 Å². The Hall–Kier alpha value is -9.51. The number of hydrogen-bond donors (Lipinski definition) is 20. The smallest absolute Gasteiger partial charge is 0.245 e. The molecule has 35 heteroatoms. The number of nitrogens with two attached hydrogens (primary N) is 6. The number of nitrogens with one attached hydrogen (secondary N) is 13. The number of carbonyl (C=O) groups excluding carboxylic acids is 14. The van der Waals surface area contributed by atoms with Gasteiger partial charge < -0.3 is 108 Å². The molecule has 0 spiro atoms. The molecule has 0 unspecified atom stereocenters. The third-order valence-corrected chi connectivity index (χ3v) is 17.6. The number of H-pyrrole nitrogens is 1. The van der Waals surface area contributed by atoms with Crippen LogP contribution in [0.5, 0.6) is 0 Å². The number of fused-ring (bicyclic) bond motifs is 1. The van der Waals surface area contributed by atoms with Crippen LogP contribution in [-0.2, 0) is 73.5 Å². The van der Waals surface area contributed by atoms with Crippen LogP contribution < -0.4 is 98.2 Å². The Morgan fingerprint density at radius 2 is 0.764 bits per heavy atom. The highest BCUT2D eigenvalue weighted by Crippen LogP contribution is 2.21. The maximum absolute atomic E-state index is 14.9. The zero-order chi connectivity index (χ0) is 83.2. The number of aliphatic imine (C=N–C) groups is 1. The molecule has 0 saturated heterocycles. The van der Waals surface area contributed by atoms with Crippen LogP contribution in [0.25, 0.3) is 10.9 Å². The van der Waals surface area contributed by atoms with Gasteiger partial charge in [-0.15, -0.1) is 0 Å². The Morgan fingerprint density at radius 3 is 1.19 bits per heavy atom. The molecule has 0 aliphatic carbocycles. The van der Waals surface area contributed by atoms with Gasteiger partial charge in [-0.2, -0.15) is 0 Å². The minimum absolute atomic E-state index is 0.0124. The fourth-order valence-corrected chi connectivity index (χ4v) is 12.1. The molecule has 0 radical (unpaired) electrons. The number of rotatable bonds is 53. The molecule has 26 N–H and O–H groups in total. The predicted molar refractivity (Wildman–Crippen MR) is 418 cm³/mol. The lowest BCUT2D eigenvalue weighted by molar-refractivity contribution is -0.136. The molecule has 12 atom stereocenters. The molecular weight excluding hydrogens is 1420 g/mol. The number of benzene rings is 1. The number of aromatic nitrogens is 1. The second-order valence-electron chi connectivity index (χ2n) is 31.3. The predicted octanol–water partition coefficient (Wildman–Crippen LogP) is -1.26. The van der Waals surface area contributed by atoms with Crippen molar-refractivity contribution in [1.82, 2.24) is 68.8 Å². The third-order valence-electron chi connectivity index (χ3n) is 17.6. The molecular formula is C75H130N20O15. The first-order valence-corrected chi connectivity index (χ1v) is 38.4. The van der Waals surface area contributed by atoms with Crippen LogP contribution in [0.2, 0.25) is 0 Å². The van der Waals surface area contributed by atoms with E-state index in [9.17, 15) is 72.2 Å². The highest BCUT2D eigenvalue weighted by Gasteiger charge is 2.38. The second kappa shape index (κ2) is 49.6. The molecule has 14 amide bonds. The van der Waals surface area contributed by atoms with E-state index >= 15 is 0 Å². The second-order valence-corrected chi connectivity index (χ2v) is 31.3. The fraction of sp³-hybridized carbons (Fsp3) is 0.693. The molecule has 2 aromatic rings. The number of unbranched alkanes of at least 4 members (excludes halogenated alkanes) is 1. The summed E-state index contributed by atoms with van der Waals surface area (Å²) in [6, 6.07) is -8.66. The summed E-state index contributed by atoms with van der Waals surface area (Å²) < 4.78 is 0. The van der Waals surface area contributed by atoms with Crippen molar-refractivity contribution >= 4 is 99.6 Å². The van der Waals surface area contributed by atoms with Crippen molar-refractivity contribution in [3.05, 3.63) is 36.0 Å². The molecule has 1 aromatic heterocycles. The van der Waals surface area contributed by atoms with Crippen LogP contribution in [0.1, 0.15) is 192 Å². The number of aliphatic hydroxyl groups is 1.